The van der Waals surface area contributed by atoms with Crippen molar-refractivity contribution in [1.29, 1.82) is 0 Å². The van der Waals surface area contributed by atoms with E-state index in [0.717, 1.165) is 5.56 Å². The van der Waals surface area contributed by atoms with Gasteiger partial charge in [0.15, 0.2) is 6.10 Å². The van der Waals surface area contributed by atoms with Crippen molar-refractivity contribution in [2.45, 2.75) is 33.0 Å². The Kier molecular flexibility index (Phi) is 3.90. The number of carbonyl (C=O) groups is 1. The number of amides is 1. The lowest BCUT2D eigenvalue weighted by Crippen LogP contribution is -2.31. The van der Waals surface area contributed by atoms with Crippen LogP contribution in [-0.2, 0) is 4.79 Å². The van der Waals surface area contributed by atoms with Gasteiger partial charge >= 0.3 is 0 Å². The maximum absolute atomic E-state index is 10.9. The third-order valence-corrected chi connectivity index (χ3v) is 2.32. The van der Waals surface area contributed by atoms with Crippen molar-refractivity contribution in [3.05, 3.63) is 29.3 Å². The highest BCUT2D eigenvalue weighted by molar-refractivity contribution is 5.78. The number of hydrogen-bond donors (Lipinski definition) is 2. The summed E-state index contributed by atoms with van der Waals surface area (Å²) in [5, 5.41) is 9.55. The Hall–Kier alpha value is -1.55. The molecule has 0 aromatic heterocycles. The molecule has 0 aliphatic rings. The van der Waals surface area contributed by atoms with E-state index < -0.39 is 18.1 Å². The molecule has 0 radical (unpaired) electrons. The second-order valence-corrected chi connectivity index (χ2v) is 3.88. The fourth-order valence-electron chi connectivity index (χ4n) is 1.34. The Labute approximate surface area is 95.0 Å². The Morgan fingerprint density at radius 2 is 2.06 bits per heavy atom. The molecule has 1 rings (SSSR count). The maximum Gasteiger partial charge on any atom is 0.258 e. The number of primary amides is 1. The summed E-state index contributed by atoms with van der Waals surface area (Å²) in [5.41, 5.74) is 6.77. The summed E-state index contributed by atoms with van der Waals surface area (Å²) in [6.45, 7) is 5.14. The summed E-state index contributed by atoms with van der Waals surface area (Å²) in [4.78, 5) is 10.9. The number of ether oxygens (including phenoxy) is 1. The Morgan fingerprint density at radius 1 is 1.44 bits per heavy atom. The molecule has 0 heterocycles. The number of carbonyl (C=O) groups excluding carboxylic acids is 1. The number of benzene rings is 1. The minimum Gasteiger partial charge on any atom is -0.481 e. The quantitative estimate of drug-likeness (QED) is 0.808. The van der Waals surface area contributed by atoms with E-state index in [1.54, 1.807) is 26.0 Å². The predicted molar refractivity (Wildman–Crippen MR) is 61.1 cm³/mol. The molecule has 0 spiro atoms. The second kappa shape index (κ2) is 4.99. The largest absolute Gasteiger partial charge is 0.481 e. The van der Waals surface area contributed by atoms with Crippen LogP contribution in [0.4, 0.5) is 0 Å². The zero-order valence-electron chi connectivity index (χ0n) is 9.73. The van der Waals surface area contributed by atoms with Gasteiger partial charge in [0, 0.05) is 5.56 Å². The number of nitrogens with two attached hydrogens (primary N) is 1. The van der Waals surface area contributed by atoms with E-state index in [2.05, 4.69) is 0 Å². The third kappa shape index (κ3) is 2.97. The highest BCUT2D eigenvalue weighted by Gasteiger charge is 2.15. The predicted octanol–water partition coefficient (Wildman–Crippen LogP) is 1.30. The van der Waals surface area contributed by atoms with E-state index in [1.807, 2.05) is 13.0 Å². The zero-order chi connectivity index (χ0) is 12.3. The van der Waals surface area contributed by atoms with Gasteiger partial charge in [-0.1, -0.05) is 12.1 Å². The van der Waals surface area contributed by atoms with Gasteiger partial charge in [-0.25, -0.2) is 0 Å². The van der Waals surface area contributed by atoms with Gasteiger partial charge in [0.2, 0.25) is 0 Å². The van der Waals surface area contributed by atoms with Gasteiger partial charge in [-0.3, -0.25) is 4.79 Å². The van der Waals surface area contributed by atoms with Crippen molar-refractivity contribution in [2.24, 2.45) is 5.73 Å². The number of hydrogen-bond acceptors (Lipinski definition) is 3. The van der Waals surface area contributed by atoms with E-state index >= 15 is 0 Å². The number of aliphatic hydroxyl groups excluding tert-OH is 1. The average molecular weight is 223 g/mol. The monoisotopic (exact) mass is 223 g/mol. The SMILES string of the molecule is Cc1ccc([C@H](C)O)c(OC(C)C(N)=O)c1. The molecule has 2 atom stereocenters. The average Bonchev–Trinajstić information content (AvgIpc) is 2.16. The smallest absolute Gasteiger partial charge is 0.258 e. The number of aliphatic hydroxyl groups is 1. The summed E-state index contributed by atoms with van der Waals surface area (Å²) in [5.74, 6) is -0.0284. The lowest BCUT2D eigenvalue weighted by molar-refractivity contribution is -0.124. The molecule has 0 saturated heterocycles. The molecule has 0 saturated carbocycles. The molecule has 0 aliphatic heterocycles. The lowest BCUT2D eigenvalue weighted by Gasteiger charge is -2.17. The molecule has 0 bridgehead atoms. The summed E-state index contributed by atoms with van der Waals surface area (Å²) in [7, 11) is 0. The molecule has 1 amide bonds. The number of rotatable bonds is 4. The van der Waals surface area contributed by atoms with E-state index in [4.69, 9.17) is 10.5 Å². The van der Waals surface area contributed by atoms with E-state index in [9.17, 15) is 9.90 Å². The molecule has 88 valence electrons. The van der Waals surface area contributed by atoms with Crippen molar-refractivity contribution >= 4 is 5.91 Å². The van der Waals surface area contributed by atoms with Crippen LogP contribution >= 0.6 is 0 Å². The highest BCUT2D eigenvalue weighted by atomic mass is 16.5. The Balaban J connectivity index is 3.01. The van der Waals surface area contributed by atoms with Gasteiger partial charge in [0.25, 0.3) is 5.91 Å². The summed E-state index contributed by atoms with van der Waals surface area (Å²) < 4.78 is 5.41. The molecule has 1 aromatic carbocycles. The normalized spacial score (nSPS) is 14.2. The fourth-order valence-corrected chi connectivity index (χ4v) is 1.34. The first-order chi connectivity index (χ1) is 7.41. The van der Waals surface area contributed by atoms with E-state index in [-0.39, 0.29) is 0 Å². The molecule has 1 aromatic rings. The Morgan fingerprint density at radius 3 is 2.56 bits per heavy atom. The Bertz CT molecular complexity index is 388. The van der Waals surface area contributed by atoms with Gasteiger partial charge in [0.1, 0.15) is 5.75 Å². The third-order valence-electron chi connectivity index (χ3n) is 2.32. The van der Waals surface area contributed by atoms with Crippen molar-refractivity contribution in [3.63, 3.8) is 0 Å². The summed E-state index contributed by atoms with van der Waals surface area (Å²) >= 11 is 0. The van der Waals surface area contributed by atoms with Crippen LogP contribution in [-0.4, -0.2) is 17.1 Å². The van der Waals surface area contributed by atoms with Gasteiger partial charge < -0.3 is 15.6 Å². The second-order valence-electron chi connectivity index (χ2n) is 3.88. The standard InChI is InChI=1S/C12H17NO3/c1-7-4-5-10(8(2)14)11(6-7)16-9(3)12(13)15/h4-6,8-9,14H,1-3H3,(H2,13,15)/t8-,9?/m0/s1. The van der Waals surface area contributed by atoms with Crippen molar-refractivity contribution in [3.8, 4) is 5.75 Å². The van der Waals surface area contributed by atoms with Gasteiger partial charge in [-0.15, -0.1) is 0 Å². The maximum atomic E-state index is 10.9. The van der Waals surface area contributed by atoms with Crippen molar-refractivity contribution in [1.82, 2.24) is 0 Å². The molecule has 0 fully saturated rings. The molecular formula is C12H17NO3. The first kappa shape index (κ1) is 12.5. The molecule has 1 unspecified atom stereocenters. The molecule has 4 heteroatoms. The van der Waals surface area contributed by atoms with Crippen LogP contribution in [0, 0.1) is 6.92 Å². The van der Waals surface area contributed by atoms with Crippen LogP contribution in [0.25, 0.3) is 0 Å². The first-order valence-electron chi connectivity index (χ1n) is 5.16. The van der Waals surface area contributed by atoms with Gasteiger partial charge in [-0.05, 0) is 32.4 Å². The minimum atomic E-state index is -0.709. The molecule has 16 heavy (non-hydrogen) atoms. The van der Waals surface area contributed by atoms with E-state index in [1.165, 1.54) is 0 Å². The van der Waals surface area contributed by atoms with Crippen LogP contribution < -0.4 is 10.5 Å². The van der Waals surface area contributed by atoms with Crippen LogP contribution in [0.1, 0.15) is 31.1 Å². The number of aryl methyl sites for hydroxylation is 1. The van der Waals surface area contributed by atoms with Crippen molar-refractivity contribution < 1.29 is 14.6 Å². The van der Waals surface area contributed by atoms with Crippen LogP contribution in [0.3, 0.4) is 0 Å². The highest BCUT2D eigenvalue weighted by Crippen LogP contribution is 2.27. The van der Waals surface area contributed by atoms with Crippen molar-refractivity contribution in [2.75, 3.05) is 0 Å². The van der Waals surface area contributed by atoms with Crippen LogP contribution in [0.5, 0.6) is 5.75 Å². The molecule has 4 nitrogen and oxygen atoms in total. The van der Waals surface area contributed by atoms with Gasteiger partial charge in [0.05, 0.1) is 6.10 Å². The van der Waals surface area contributed by atoms with E-state index in [0.29, 0.717) is 11.3 Å². The van der Waals surface area contributed by atoms with Crippen LogP contribution in [0.15, 0.2) is 18.2 Å². The lowest BCUT2D eigenvalue weighted by atomic mass is 10.1. The summed E-state index contributed by atoms with van der Waals surface area (Å²) in [6.07, 6.45) is -1.35. The molecular weight excluding hydrogens is 206 g/mol. The zero-order valence-corrected chi connectivity index (χ0v) is 9.73. The first-order valence-corrected chi connectivity index (χ1v) is 5.16. The van der Waals surface area contributed by atoms with Gasteiger partial charge in [-0.2, -0.15) is 0 Å². The molecule has 0 aliphatic carbocycles. The minimum absolute atomic E-state index is 0.501. The van der Waals surface area contributed by atoms with Crippen LogP contribution in [0.2, 0.25) is 0 Å². The fraction of sp³-hybridized carbons (Fsp3) is 0.417. The summed E-state index contributed by atoms with van der Waals surface area (Å²) in [6, 6.07) is 5.44. The molecule has 3 N–H and O–H groups in total. The topological polar surface area (TPSA) is 72.6 Å².